The van der Waals surface area contributed by atoms with Gasteiger partial charge in [-0.3, -0.25) is 10.1 Å². The van der Waals surface area contributed by atoms with Crippen molar-refractivity contribution >= 4 is 17.7 Å². The Labute approximate surface area is 78.3 Å². The molecule has 0 aromatic rings. The fraction of sp³-hybridized carbons (Fsp3) is 0.571. The van der Waals surface area contributed by atoms with Gasteiger partial charge in [-0.15, -0.1) is 0 Å². The molecular weight excluding hydrogens is 192 g/mol. The lowest BCUT2D eigenvalue weighted by atomic mass is 9.94. The molecule has 14 heavy (non-hydrogen) atoms. The average molecular weight is 200 g/mol. The summed E-state index contributed by atoms with van der Waals surface area (Å²) in [5.74, 6) is -3.01. The number of carbonyl (C=O) groups is 2. The maximum Gasteiger partial charge on any atom is 0.354 e. The third-order valence-corrected chi connectivity index (χ3v) is 2.39. The van der Waals surface area contributed by atoms with Gasteiger partial charge in [0, 0.05) is 6.54 Å². The van der Waals surface area contributed by atoms with Gasteiger partial charge >= 0.3 is 11.9 Å². The summed E-state index contributed by atoms with van der Waals surface area (Å²) < 4.78 is 0. The molecule has 2 rings (SSSR count). The van der Waals surface area contributed by atoms with Crippen molar-refractivity contribution in [1.29, 1.82) is 0 Å². The van der Waals surface area contributed by atoms with E-state index in [0.717, 1.165) is 0 Å². The predicted octanol–water partition coefficient (Wildman–Crippen LogP) is -1.50. The van der Waals surface area contributed by atoms with Crippen LogP contribution in [0.1, 0.15) is 0 Å². The molecule has 3 atom stereocenters. The van der Waals surface area contributed by atoms with E-state index in [0.29, 0.717) is 6.54 Å². The third kappa shape index (κ3) is 1.13. The maximum atomic E-state index is 10.7. The van der Waals surface area contributed by atoms with E-state index in [4.69, 9.17) is 15.1 Å². The van der Waals surface area contributed by atoms with Crippen LogP contribution in [0.15, 0.2) is 5.16 Å². The molecule has 1 fully saturated rings. The Balaban J connectivity index is 2.25. The Kier molecular flexibility index (Phi) is 1.88. The Bertz CT molecular complexity index is 326. The quantitative estimate of drug-likeness (QED) is 0.500. The van der Waals surface area contributed by atoms with Gasteiger partial charge in [-0.25, -0.2) is 4.79 Å². The fourth-order valence-corrected chi connectivity index (χ4v) is 1.76. The first-order valence-corrected chi connectivity index (χ1v) is 4.04. The van der Waals surface area contributed by atoms with Gasteiger partial charge in [0.1, 0.15) is 6.04 Å². The topological polar surface area (TPSA) is 108 Å². The van der Waals surface area contributed by atoms with Crippen LogP contribution in [-0.2, 0) is 14.4 Å². The zero-order chi connectivity index (χ0) is 10.3. The lowest BCUT2D eigenvalue weighted by Crippen LogP contribution is -2.41. The van der Waals surface area contributed by atoms with Crippen molar-refractivity contribution in [1.82, 2.24) is 5.32 Å². The van der Waals surface area contributed by atoms with Gasteiger partial charge in [0.2, 0.25) is 0 Å². The molecule has 0 amide bonds. The number of nitrogens with one attached hydrogen (secondary N) is 1. The minimum Gasteiger partial charge on any atom is -0.480 e. The summed E-state index contributed by atoms with van der Waals surface area (Å²) in [5.41, 5.74) is -0.215. The number of carboxylic acids is 2. The van der Waals surface area contributed by atoms with Crippen molar-refractivity contribution in [3.05, 3.63) is 0 Å². The second-order valence-corrected chi connectivity index (χ2v) is 3.18. The normalized spacial score (nSPS) is 34.6. The number of aliphatic carboxylic acids is 2. The second kappa shape index (κ2) is 2.95. The summed E-state index contributed by atoms with van der Waals surface area (Å²) in [6.07, 6.45) is -0.470. The van der Waals surface area contributed by atoms with Crippen molar-refractivity contribution in [2.45, 2.75) is 12.1 Å². The van der Waals surface area contributed by atoms with E-state index in [2.05, 4.69) is 10.5 Å². The van der Waals surface area contributed by atoms with Gasteiger partial charge in [0.15, 0.2) is 11.8 Å². The van der Waals surface area contributed by atoms with E-state index >= 15 is 0 Å². The zero-order valence-corrected chi connectivity index (χ0v) is 7.01. The largest absolute Gasteiger partial charge is 0.480 e. The van der Waals surface area contributed by atoms with Crippen LogP contribution in [0.4, 0.5) is 0 Å². The SMILES string of the molecule is O=C(O)C1=NOC2CNC(C(=O)O)[C@@H]12. The van der Waals surface area contributed by atoms with E-state index in [9.17, 15) is 9.59 Å². The molecule has 76 valence electrons. The minimum absolute atomic E-state index is 0.215. The molecule has 2 aliphatic heterocycles. The molecule has 7 heteroatoms. The van der Waals surface area contributed by atoms with Crippen LogP contribution in [-0.4, -0.2) is 46.6 Å². The standard InChI is InChI=1S/C7H8N2O5/c10-6(11)4-3-2(1-8-4)14-9-5(3)7(12)13/h2-4,8H,1H2,(H,10,11)(H,12,13)/t2?,3-,4?/m0/s1. The summed E-state index contributed by atoms with van der Waals surface area (Å²) in [6, 6.07) is -0.919. The van der Waals surface area contributed by atoms with E-state index < -0.39 is 30.0 Å². The van der Waals surface area contributed by atoms with E-state index in [-0.39, 0.29) is 5.71 Å². The molecule has 1 saturated heterocycles. The van der Waals surface area contributed by atoms with Gasteiger partial charge in [-0.05, 0) is 0 Å². The molecular formula is C7H8N2O5. The van der Waals surface area contributed by atoms with Crippen LogP contribution in [0.25, 0.3) is 0 Å². The first kappa shape index (κ1) is 8.95. The Morgan fingerprint density at radius 2 is 2.21 bits per heavy atom. The predicted molar refractivity (Wildman–Crippen MR) is 42.9 cm³/mol. The highest BCUT2D eigenvalue weighted by molar-refractivity contribution is 6.37. The number of oxime groups is 1. The molecule has 0 aromatic heterocycles. The van der Waals surface area contributed by atoms with E-state index in [1.165, 1.54) is 0 Å². The highest BCUT2D eigenvalue weighted by Gasteiger charge is 2.50. The molecule has 0 bridgehead atoms. The molecule has 2 heterocycles. The number of carboxylic acid groups (broad SMARTS) is 2. The fourth-order valence-electron chi connectivity index (χ4n) is 1.76. The van der Waals surface area contributed by atoms with E-state index in [1.807, 2.05) is 0 Å². The average Bonchev–Trinajstić information content (AvgIpc) is 2.59. The van der Waals surface area contributed by atoms with Crippen molar-refractivity contribution in [3.8, 4) is 0 Å². The van der Waals surface area contributed by atoms with Crippen molar-refractivity contribution < 1.29 is 24.6 Å². The van der Waals surface area contributed by atoms with Gasteiger partial charge in [0.05, 0.1) is 5.92 Å². The van der Waals surface area contributed by atoms with Crippen molar-refractivity contribution in [2.24, 2.45) is 11.1 Å². The third-order valence-electron chi connectivity index (χ3n) is 2.39. The summed E-state index contributed by atoms with van der Waals surface area (Å²) in [7, 11) is 0. The molecule has 3 N–H and O–H groups in total. The number of rotatable bonds is 2. The summed E-state index contributed by atoms with van der Waals surface area (Å²) >= 11 is 0. The number of hydrogen-bond acceptors (Lipinski definition) is 5. The molecule has 7 nitrogen and oxygen atoms in total. The van der Waals surface area contributed by atoms with Crippen LogP contribution < -0.4 is 5.32 Å². The lowest BCUT2D eigenvalue weighted by molar-refractivity contribution is -0.139. The summed E-state index contributed by atoms with van der Waals surface area (Å²) in [6.45, 7) is 0.307. The smallest absolute Gasteiger partial charge is 0.354 e. The molecule has 0 radical (unpaired) electrons. The Morgan fingerprint density at radius 3 is 2.79 bits per heavy atom. The maximum absolute atomic E-state index is 10.7. The Morgan fingerprint density at radius 1 is 1.50 bits per heavy atom. The van der Waals surface area contributed by atoms with Gasteiger partial charge in [-0.2, -0.15) is 0 Å². The molecule has 2 unspecified atom stereocenters. The van der Waals surface area contributed by atoms with Crippen molar-refractivity contribution in [2.75, 3.05) is 6.54 Å². The van der Waals surface area contributed by atoms with Gasteiger partial charge in [-0.1, -0.05) is 5.16 Å². The van der Waals surface area contributed by atoms with Gasteiger partial charge in [0.25, 0.3) is 0 Å². The number of hydrogen-bond donors (Lipinski definition) is 3. The lowest BCUT2D eigenvalue weighted by Gasteiger charge is -2.11. The minimum atomic E-state index is -1.23. The van der Waals surface area contributed by atoms with Gasteiger partial charge < -0.3 is 15.1 Å². The van der Waals surface area contributed by atoms with Crippen LogP contribution in [0.3, 0.4) is 0 Å². The summed E-state index contributed by atoms with van der Waals surface area (Å²) in [5, 5.41) is 23.6. The molecule has 0 aliphatic carbocycles. The van der Waals surface area contributed by atoms with E-state index in [1.54, 1.807) is 0 Å². The highest BCUT2D eigenvalue weighted by Crippen LogP contribution is 2.27. The first-order valence-electron chi connectivity index (χ1n) is 4.04. The van der Waals surface area contributed by atoms with Crippen LogP contribution >= 0.6 is 0 Å². The highest BCUT2D eigenvalue weighted by atomic mass is 16.6. The molecule has 0 spiro atoms. The van der Waals surface area contributed by atoms with Crippen LogP contribution in [0.5, 0.6) is 0 Å². The number of fused-ring (bicyclic) bond motifs is 1. The zero-order valence-electron chi connectivity index (χ0n) is 7.01. The Hall–Kier alpha value is -1.63. The molecule has 2 aliphatic rings. The van der Waals surface area contributed by atoms with Crippen molar-refractivity contribution in [3.63, 3.8) is 0 Å². The molecule has 0 saturated carbocycles. The monoisotopic (exact) mass is 200 g/mol. The van der Waals surface area contributed by atoms with Crippen LogP contribution in [0.2, 0.25) is 0 Å². The van der Waals surface area contributed by atoms with Crippen LogP contribution in [0, 0.1) is 5.92 Å². The summed E-state index contributed by atoms with van der Waals surface area (Å²) in [4.78, 5) is 26.2. The first-order chi connectivity index (χ1) is 6.61. The molecule has 0 aromatic carbocycles. The second-order valence-electron chi connectivity index (χ2n) is 3.18. The number of nitrogens with zero attached hydrogens (tertiary/aromatic N) is 1.